The Bertz CT molecular complexity index is 820. The fraction of sp³-hybridized carbons (Fsp3) is 0.588. The zero-order valence-corrected chi connectivity index (χ0v) is 14.9. The topological polar surface area (TPSA) is 100 Å². The molecule has 0 bridgehead atoms. The van der Waals surface area contributed by atoms with Gasteiger partial charge in [-0.15, -0.1) is 0 Å². The Morgan fingerprint density at radius 1 is 1.32 bits per heavy atom. The average molecular weight is 344 g/mol. The summed E-state index contributed by atoms with van der Waals surface area (Å²) in [6.07, 6.45) is 3.59. The van der Waals surface area contributed by atoms with E-state index in [-0.39, 0.29) is 17.6 Å². The van der Waals surface area contributed by atoms with Crippen molar-refractivity contribution < 1.29 is 9.53 Å². The fourth-order valence-electron chi connectivity index (χ4n) is 3.52. The molecule has 0 radical (unpaired) electrons. The van der Waals surface area contributed by atoms with Crippen LogP contribution in [-0.2, 0) is 4.74 Å². The molecule has 1 aliphatic heterocycles. The second-order valence-corrected chi connectivity index (χ2v) is 7.92. The third-order valence-electron chi connectivity index (χ3n) is 4.80. The van der Waals surface area contributed by atoms with Crippen LogP contribution in [0.5, 0.6) is 0 Å². The Balaban J connectivity index is 1.58. The van der Waals surface area contributed by atoms with E-state index in [1.54, 1.807) is 0 Å². The van der Waals surface area contributed by atoms with E-state index in [2.05, 4.69) is 19.9 Å². The highest BCUT2D eigenvalue weighted by molar-refractivity contribution is 5.88. The summed E-state index contributed by atoms with van der Waals surface area (Å²) in [5.41, 5.74) is 5.97. The number of fused-ring (bicyclic) bond motifs is 1. The molecule has 0 aromatic carbocycles. The highest BCUT2D eigenvalue weighted by Gasteiger charge is 2.54. The standard InChI is InChI=1S/C17H24N6O2/c1-16(2,3)25-15(24)23-9-8-22(10-17(23)5-6-17)13-11-4-7-19-12(11)20-14(18)21-13/h4,7H,5-6,8-10H2,1-3H3,(H3,18,19,20,21). The minimum absolute atomic E-state index is 0.150. The smallest absolute Gasteiger partial charge is 0.410 e. The van der Waals surface area contributed by atoms with Gasteiger partial charge in [-0.2, -0.15) is 9.97 Å². The molecule has 0 atom stereocenters. The molecule has 2 aliphatic rings. The van der Waals surface area contributed by atoms with E-state index in [0.717, 1.165) is 36.2 Å². The Labute approximate surface area is 146 Å². The van der Waals surface area contributed by atoms with E-state index in [4.69, 9.17) is 10.5 Å². The number of ether oxygens (including phenoxy) is 1. The Morgan fingerprint density at radius 2 is 2.08 bits per heavy atom. The number of amides is 1. The van der Waals surface area contributed by atoms with Gasteiger partial charge in [0.15, 0.2) is 0 Å². The van der Waals surface area contributed by atoms with Crippen molar-refractivity contribution in [2.45, 2.75) is 44.8 Å². The monoisotopic (exact) mass is 344 g/mol. The number of aromatic amines is 1. The molecule has 134 valence electrons. The number of hydrogen-bond acceptors (Lipinski definition) is 6. The van der Waals surface area contributed by atoms with Gasteiger partial charge in [0.05, 0.1) is 10.9 Å². The first-order chi connectivity index (χ1) is 11.8. The number of nitrogens with two attached hydrogens (primary N) is 1. The molecule has 2 aromatic heterocycles. The van der Waals surface area contributed by atoms with Crippen LogP contribution in [-0.4, -0.2) is 56.7 Å². The van der Waals surface area contributed by atoms with E-state index in [1.165, 1.54) is 0 Å². The van der Waals surface area contributed by atoms with Crippen LogP contribution >= 0.6 is 0 Å². The van der Waals surface area contributed by atoms with Crippen molar-refractivity contribution in [2.24, 2.45) is 0 Å². The maximum absolute atomic E-state index is 12.6. The molecule has 0 unspecified atom stereocenters. The third-order valence-corrected chi connectivity index (χ3v) is 4.80. The largest absolute Gasteiger partial charge is 0.444 e. The van der Waals surface area contributed by atoms with Crippen molar-refractivity contribution in [1.29, 1.82) is 0 Å². The van der Waals surface area contributed by atoms with Crippen molar-refractivity contribution in [3.8, 4) is 0 Å². The van der Waals surface area contributed by atoms with Crippen LogP contribution in [0.1, 0.15) is 33.6 Å². The quantitative estimate of drug-likeness (QED) is 0.822. The number of nitrogens with one attached hydrogen (secondary N) is 1. The molecule has 1 aliphatic carbocycles. The van der Waals surface area contributed by atoms with Crippen LogP contribution in [0.3, 0.4) is 0 Å². The lowest BCUT2D eigenvalue weighted by molar-refractivity contribution is 0.0106. The lowest BCUT2D eigenvalue weighted by atomic mass is 10.1. The number of nitrogen functional groups attached to an aromatic ring is 1. The van der Waals surface area contributed by atoms with Crippen LogP contribution in [0.25, 0.3) is 11.0 Å². The summed E-state index contributed by atoms with van der Waals surface area (Å²) in [5.74, 6) is 1.09. The van der Waals surface area contributed by atoms with E-state index < -0.39 is 5.60 Å². The van der Waals surface area contributed by atoms with Gasteiger partial charge >= 0.3 is 6.09 Å². The van der Waals surface area contributed by atoms with Crippen molar-refractivity contribution in [3.05, 3.63) is 12.3 Å². The van der Waals surface area contributed by atoms with Gasteiger partial charge in [-0.25, -0.2) is 4.79 Å². The second kappa shape index (κ2) is 5.24. The van der Waals surface area contributed by atoms with Crippen molar-refractivity contribution >= 4 is 28.9 Å². The summed E-state index contributed by atoms with van der Waals surface area (Å²) in [4.78, 5) is 28.5. The van der Waals surface area contributed by atoms with E-state index in [9.17, 15) is 4.79 Å². The van der Waals surface area contributed by atoms with Crippen molar-refractivity contribution in [3.63, 3.8) is 0 Å². The number of piperazine rings is 1. The number of hydrogen-bond donors (Lipinski definition) is 2. The SMILES string of the molecule is CC(C)(C)OC(=O)N1CCN(c2nc(N)nc3[nH]ccc23)CC12CC2. The minimum Gasteiger partial charge on any atom is -0.444 e. The number of H-pyrrole nitrogens is 1. The Kier molecular flexibility index (Phi) is 3.35. The van der Waals surface area contributed by atoms with E-state index >= 15 is 0 Å². The van der Waals surface area contributed by atoms with Gasteiger partial charge < -0.3 is 20.4 Å². The predicted octanol–water partition coefficient (Wildman–Crippen LogP) is 2.13. The summed E-state index contributed by atoms with van der Waals surface area (Å²) in [6.45, 7) is 7.73. The van der Waals surface area contributed by atoms with Crippen LogP contribution in [0.15, 0.2) is 12.3 Å². The Morgan fingerprint density at radius 3 is 2.76 bits per heavy atom. The van der Waals surface area contributed by atoms with E-state index in [1.807, 2.05) is 37.9 Å². The number of rotatable bonds is 1. The molecule has 2 aromatic rings. The lowest BCUT2D eigenvalue weighted by Gasteiger charge is -2.43. The van der Waals surface area contributed by atoms with Crippen LogP contribution < -0.4 is 10.6 Å². The number of carbonyl (C=O) groups excluding carboxylic acids is 1. The van der Waals surface area contributed by atoms with Crippen LogP contribution in [0, 0.1) is 0 Å². The van der Waals surface area contributed by atoms with Gasteiger partial charge in [0.1, 0.15) is 17.1 Å². The molecule has 8 heteroatoms. The molecule has 8 nitrogen and oxygen atoms in total. The number of carbonyl (C=O) groups is 1. The Hall–Kier alpha value is -2.51. The molecule has 1 saturated heterocycles. The van der Waals surface area contributed by atoms with Gasteiger partial charge in [-0.3, -0.25) is 4.90 Å². The van der Waals surface area contributed by atoms with Crippen molar-refractivity contribution in [2.75, 3.05) is 30.3 Å². The summed E-state index contributed by atoms with van der Waals surface area (Å²) in [7, 11) is 0. The van der Waals surface area contributed by atoms with Gasteiger partial charge in [-0.05, 0) is 39.7 Å². The first kappa shape index (κ1) is 16.0. The third kappa shape index (κ3) is 2.85. The summed E-state index contributed by atoms with van der Waals surface area (Å²) >= 11 is 0. The molecule has 4 rings (SSSR count). The number of nitrogens with zero attached hydrogens (tertiary/aromatic N) is 4. The van der Waals surface area contributed by atoms with Gasteiger partial charge in [-0.1, -0.05) is 0 Å². The first-order valence-electron chi connectivity index (χ1n) is 8.64. The molecule has 3 heterocycles. The normalized spacial score (nSPS) is 19.5. The second-order valence-electron chi connectivity index (χ2n) is 7.92. The summed E-state index contributed by atoms with van der Waals surface area (Å²) < 4.78 is 5.59. The zero-order chi connectivity index (χ0) is 17.8. The van der Waals surface area contributed by atoms with E-state index in [0.29, 0.717) is 13.1 Å². The lowest BCUT2D eigenvalue weighted by Crippen LogP contribution is -2.58. The van der Waals surface area contributed by atoms with Gasteiger partial charge in [0.25, 0.3) is 0 Å². The molecule has 1 spiro atoms. The summed E-state index contributed by atoms with van der Waals surface area (Å²) in [6, 6.07) is 1.96. The first-order valence-corrected chi connectivity index (χ1v) is 8.64. The van der Waals surface area contributed by atoms with Gasteiger partial charge in [0.2, 0.25) is 5.95 Å². The molecule has 2 fully saturated rings. The van der Waals surface area contributed by atoms with Gasteiger partial charge in [0, 0.05) is 25.8 Å². The zero-order valence-electron chi connectivity index (χ0n) is 14.9. The van der Waals surface area contributed by atoms with Crippen molar-refractivity contribution in [1.82, 2.24) is 19.9 Å². The highest BCUT2D eigenvalue weighted by atomic mass is 16.6. The fourth-order valence-corrected chi connectivity index (χ4v) is 3.52. The maximum atomic E-state index is 12.6. The minimum atomic E-state index is -0.483. The highest BCUT2D eigenvalue weighted by Crippen LogP contribution is 2.46. The number of aromatic nitrogens is 3. The average Bonchev–Trinajstić information content (AvgIpc) is 3.09. The molecular formula is C17H24N6O2. The molecule has 1 amide bonds. The molecule has 1 saturated carbocycles. The number of anilines is 2. The predicted molar refractivity (Wildman–Crippen MR) is 95.4 cm³/mol. The van der Waals surface area contributed by atoms with Crippen LogP contribution in [0.2, 0.25) is 0 Å². The molecular weight excluding hydrogens is 320 g/mol. The van der Waals surface area contributed by atoms with Crippen LogP contribution in [0.4, 0.5) is 16.6 Å². The maximum Gasteiger partial charge on any atom is 0.410 e. The molecule has 3 N–H and O–H groups in total. The summed E-state index contributed by atoms with van der Waals surface area (Å²) in [5, 5.41) is 0.954. The molecule has 25 heavy (non-hydrogen) atoms.